The van der Waals surface area contributed by atoms with Crippen molar-refractivity contribution in [3.05, 3.63) is 35.9 Å². The van der Waals surface area contributed by atoms with E-state index in [1.807, 2.05) is 18.2 Å². The summed E-state index contributed by atoms with van der Waals surface area (Å²) in [7, 11) is 0. The third kappa shape index (κ3) is 19.4. The number of rotatable bonds is 10. The first-order valence-corrected chi connectivity index (χ1v) is 17.7. The van der Waals surface area contributed by atoms with Gasteiger partial charge in [0.25, 0.3) is 5.91 Å². The molecule has 49 heavy (non-hydrogen) atoms. The second-order valence-corrected chi connectivity index (χ2v) is 14.6. The predicted octanol–water partition coefficient (Wildman–Crippen LogP) is 4.88. The summed E-state index contributed by atoms with van der Waals surface area (Å²) >= 11 is 9.53. The number of ether oxygens (including phenoxy) is 1. The summed E-state index contributed by atoms with van der Waals surface area (Å²) in [5.41, 5.74) is 5.05. The molecule has 5 amide bonds. The fourth-order valence-corrected chi connectivity index (χ4v) is 4.44. The number of alkyl halides is 2. The molecule has 0 bridgehead atoms. The summed E-state index contributed by atoms with van der Waals surface area (Å²) in [5, 5.41) is 7.62. The lowest BCUT2D eigenvalue weighted by molar-refractivity contribution is -0.143. The molecule has 1 aromatic rings. The number of carbonyl (C=O) groups is 6. The highest BCUT2D eigenvalue weighted by Crippen LogP contribution is 2.26. The normalized spacial score (nSPS) is 16.4. The van der Waals surface area contributed by atoms with E-state index in [1.54, 1.807) is 32.9 Å². The number of carbonyl (C=O) groups excluding carboxylic acids is 6. The lowest BCUT2D eigenvalue weighted by Crippen LogP contribution is -2.60. The molecule has 1 heterocycles. The number of halogens is 2. The summed E-state index contributed by atoms with van der Waals surface area (Å²) in [4.78, 5) is 74.9. The van der Waals surface area contributed by atoms with Crippen LogP contribution in [0.5, 0.6) is 0 Å². The first-order chi connectivity index (χ1) is 22.8. The number of nitrogens with zero attached hydrogens (tertiary/aromatic N) is 1. The molecule has 0 aromatic heterocycles. The standard InChI is InChI=1S/C25H35N5O7.C5H10.C4H10.CH2Cl2/c1-15(19(32)21(26)33)28-22(34)17-11-8-12-30(17)23(35)20(25(2,3)4)29-24(36)27-13-18(31)37-14-16-9-6-5-7-10-16;1-5-3-2-4-5;1-4(2)3;2-1-3/h5-7,9-10,15,17,20H,8,11-14H2,1-4H3,(H2,26,33)(H,28,34)(H2,27,29,36);5H,2-4H2,1H3;4H,1-3H3;1H2/t15?,17-,20?;;;/m0.../s1. The van der Waals surface area contributed by atoms with Crippen molar-refractivity contribution < 1.29 is 33.5 Å². The molecule has 1 saturated carbocycles. The first-order valence-electron chi connectivity index (χ1n) is 16.7. The zero-order chi connectivity index (χ0) is 37.7. The maximum absolute atomic E-state index is 13.4. The van der Waals surface area contributed by atoms with E-state index < -0.39 is 65.6 Å². The SMILES string of the molecule is CC(C)C.CC(NC(=O)[C@@H]1CCCN1C(=O)C(NC(=O)NCC(=O)OCc1ccccc1)C(C)(C)C)C(=O)C(N)=O.CC1CCC1.ClCCl. The first kappa shape index (κ1) is 45.6. The van der Waals surface area contributed by atoms with Crippen LogP contribution in [0.2, 0.25) is 0 Å². The van der Waals surface area contributed by atoms with Gasteiger partial charge in [-0.25, -0.2) is 4.79 Å². The van der Waals surface area contributed by atoms with Gasteiger partial charge in [-0.05, 0) is 42.6 Å². The van der Waals surface area contributed by atoms with Crippen LogP contribution in [0.25, 0.3) is 0 Å². The van der Waals surface area contributed by atoms with Gasteiger partial charge in [0.15, 0.2) is 0 Å². The van der Waals surface area contributed by atoms with Crippen LogP contribution in [-0.4, -0.2) is 77.0 Å². The highest BCUT2D eigenvalue weighted by atomic mass is 35.5. The number of nitrogens with two attached hydrogens (primary N) is 1. The predicted molar refractivity (Wildman–Crippen MR) is 193 cm³/mol. The van der Waals surface area contributed by atoms with Crippen molar-refractivity contribution >= 4 is 58.7 Å². The van der Waals surface area contributed by atoms with E-state index in [0.29, 0.717) is 12.8 Å². The Labute approximate surface area is 301 Å². The molecule has 3 rings (SSSR count). The number of likely N-dealkylation sites (tertiary alicyclic amines) is 1. The number of hydrogen-bond donors (Lipinski definition) is 4. The summed E-state index contributed by atoms with van der Waals surface area (Å²) in [6, 6.07) is 5.29. The Morgan fingerprint density at radius 3 is 1.92 bits per heavy atom. The average molecular weight is 731 g/mol. The van der Waals surface area contributed by atoms with Crippen LogP contribution in [0.1, 0.15) is 93.1 Å². The molecule has 2 unspecified atom stereocenters. The number of esters is 1. The van der Waals surface area contributed by atoms with Gasteiger partial charge < -0.3 is 31.3 Å². The Balaban J connectivity index is 0.00000163. The van der Waals surface area contributed by atoms with Crippen LogP contribution >= 0.6 is 23.2 Å². The Hall–Kier alpha value is -3.38. The number of hydrogen-bond acceptors (Lipinski definition) is 7. The molecule has 3 atom stereocenters. The van der Waals surface area contributed by atoms with Crippen molar-refractivity contribution in [1.82, 2.24) is 20.9 Å². The Kier molecular flexibility index (Phi) is 22.2. The summed E-state index contributed by atoms with van der Waals surface area (Å²) < 4.78 is 5.13. The smallest absolute Gasteiger partial charge is 0.325 e. The number of benzene rings is 1. The second kappa shape index (κ2) is 23.9. The van der Waals surface area contributed by atoms with Gasteiger partial charge in [-0.15, -0.1) is 23.2 Å². The van der Waals surface area contributed by atoms with Crippen molar-refractivity contribution in [3.63, 3.8) is 0 Å². The Morgan fingerprint density at radius 1 is 0.939 bits per heavy atom. The topological polar surface area (TPSA) is 177 Å². The van der Waals surface area contributed by atoms with E-state index in [-0.39, 0.29) is 18.5 Å². The van der Waals surface area contributed by atoms with Gasteiger partial charge in [0.1, 0.15) is 25.2 Å². The highest BCUT2D eigenvalue weighted by Gasteiger charge is 2.42. The van der Waals surface area contributed by atoms with Gasteiger partial charge in [-0.3, -0.25) is 24.0 Å². The maximum atomic E-state index is 13.4. The minimum Gasteiger partial charge on any atom is -0.460 e. The van der Waals surface area contributed by atoms with E-state index >= 15 is 0 Å². The van der Waals surface area contributed by atoms with E-state index in [4.69, 9.17) is 33.7 Å². The largest absolute Gasteiger partial charge is 0.460 e. The highest BCUT2D eigenvalue weighted by molar-refractivity contribution is 6.40. The lowest BCUT2D eigenvalue weighted by Gasteiger charge is -2.35. The van der Waals surface area contributed by atoms with Gasteiger partial charge in [0.05, 0.1) is 11.4 Å². The van der Waals surface area contributed by atoms with Gasteiger partial charge in [-0.2, -0.15) is 0 Å². The number of primary amides is 1. The van der Waals surface area contributed by atoms with Crippen LogP contribution in [0.4, 0.5) is 4.79 Å². The molecule has 1 aliphatic carbocycles. The van der Waals surface area contributed by atoms with Crippen LogP contribution in [0.15, 0.2) is 30.3 Å². The van der Waals surface area contributed by atoms with Crippen molar-refractivity contribution in [1.29, 1.82) is 0 Å². The average Bonchev–Trinajstić information content (AvgIpc) is 3.50. The maximum Gasteiger partial charge on any atom is 0.325 e. The molecule has 2 aliphatic rings. The third-order valence-corrected chi connectivity index (χ3v) is 7.25. The Morgan fingerprint density at radius 2 is 1.47 bits per heavy atom. The summed E-state index contributed by atoms with van der Waals surface area (Å²) in [5.74, 6) is -1.94. The van der Waals surface area contributed by atoms with Gasteiger partial charge in [-0.1, -0.05) is 98.1 Å². The second-order valence-electron chi connectivity index (χ2n) is 13.8. The lowest BCUT2D eigenvalue weighted by atomic mass is 9.85. The molecule has 2 fully saturated rings. The molecular formula is C35H57Cl2N5O7. The molecule has 0 radical (unpaired) electrons. The van der Waals surface area contributed by atoms with Gasteiger partial charge in [0.2, 0.25) is 17.6 Å². The summed E-state index contributed by atoms with van der Waals surface area (Å²) in [6.07, 6.45) is 5.35. The Bertz CT molecular complexity index is 1190. The molecular weight excluding hydrogens is 673 g/mol. The van der Waals surface area contributed by atoms with Crippen molar-refractivity contribution in [2.75, 3.05) is 18.4 Å². The number of Topliss-reactive ketones (excluding diaryl/α,β-unsaturated/α-hetero) is 1. The molecule has 5 N–H and O–H groups in total. The molecule has 1 aliphatic heterocycles. The quantitative estimate of drug-likeness (QED) is 0.151. The fraction of sp³-hybridized carbons (Fsp3) is 0.657. The summed E-state index contributed by atoms with van der Waals surface area (Å²) in [6.45, 7) is 15.3. The van der Waals surface area contributed by atoms with Crippen LogP contribution in [0.3, 0.4) is 0 Å². The van der Waals surface area contributed by atoms with Gasteiger partial charge in [0, 0.05) is 6.54 Å². The van der Waals surface area contributed by atoms with Crippen molar-refractivity contribution in [2.24, 2.45) is 23.0 Å². The van der Waals surface area contributed by atoms with E-state index in [1.165, 1.54) is 31.1 Å². The van der Waals surface area contributed by atoms with Crippen molar-refractivity contribution in [2.45, 2.75) is 112 Å². The molecule has 0 spiro atoms. The fourth-order valence-electron chi connectivity index (χ4n) is 4.44. The third-order valence-electron chi connectivity index (χ3n) is 7.25. The van der Waals surface area contributed by atoms with Crippen LogP contribution < -0.4 is 21.7 Å². The number of nitrogens with one attached hydrogen (secondary N) is 3. The monoisotopic (exact) mass is 729 g/mol. The molecule has 1 saturated heterocycles. The zero-order valence-corrected chi connectivity index (χ0v) is 31.8. The molecule has 1 aromatic carbocycles. The van der Waals surface area contributed by atoms with E-state index in [0.717, 1.165) is 17.4 Å². The van der Waals surface area contributed by atoms with Gasteiger partial charge >= 0.3 is 12.0 Å². The van der Waals surface area contributed by atoms with Crippen molar-refractivity contribution in [3.8, 4) is 0 Å². The van der Waals surface area contributed by atoms with E-state index in [9.17, 15) is 28.8 Å². The van der Waals surface area contributed by atoms with E-state index in [2.05, 4.69) is 43.6 Å². The minimum atomic E-state index is -1.17. The number of ketones is 1. The minimum absolute atomic E-state index is 0.0636. The number of amides is 5. The number of urea groups is 1. The van der Waals surface area contributed by atoms with Crippen LogP contribution in [-0.2, 0) is 35.3 Å². The molecule has 12 nitrogen and oxygen atoms in total. The molecule has 278 valence electrons. The molecule has 14 heteroatoms. The zero-order valence-electron chi connectivity index (χ0n) is 30.3. The van der Waals surface area contributed by atoms with Crippen LogP contribution in [0, 0.1) is 17.3 Å².